The number of amides is 1. The van der Waals surface area contributed by atoms with Crippen LogP contribution in [0.2, 0.25) is 0 Å². The number of carboxylic acids is 1. The van der Waals surface area contributed by atoms with E-state index in [4.69, 9.17) is 19.3 Å². The van der Waals surface area contributed by atoms with Gasteiger partial charge in [-0.2, -0.15) is 0 Å². The van der Waals surface area contributed by atoms with Gasteiger partial charge in [0, 0.05) is 37.9 Å². The van der Waals surface area contributed by atoms with Crippen molar-refractivity contribution >= 4 is 77.6 Å². The number of hydrogen-bond acceptors (Lipinski definition) is 10. The van der Waals surface area contributed by atoms with Crippen LogP contribution in [0.5, 0.6) is 11.5 Å². The number of hydrogen-bond donors (Lipinski definition) is 3. The van der Waals surface area contributed by atoms with Crippen LogP contribution in [0.15, 0.2) is 57.5 Å². The lowest BCUT2D eigenvalue weighted by atomic mass is 10.2. The van der Waals surface area contributed by atoms with E-state index in [1.165, 1.54) is 0 Å². The Morgan fingerprint density at radius 2 is 1.36 bits per heavy atom. The number of benzene rings is 2. The zero-order chi connectivity index (χ0) is 30.2. The molecule has 12 nitrogen and oxygen atoms in total. The largest absolute Gasteiger partial charge is 0.486 e. The summed E-state index contributed by atoms with van der Waals surface area (Å²) >= 11 is 9.50. The third kappa shape index (κ3) is 14.8. The van der Waals surface area contributed by atoms with Crippen LogP contribution in [0.1, 0.15) is 26.7 Å². The van der Waals surface area contributed by atoms with Crippen LogP contribution >= 0.6 is 48.0 Å². The number of esters is 2. The monoisotopic (exact) mass is 780 g/mol. The molecule has 0 aromatic heterocycles. The number of aliphatic carboxylic acids is 1. The van der Waals surface area contributed by atoms with Gasteiger partial charge < -0.3 is 29.4 Å². The summed E-state index contributed by atoms with van der Waals surface area (Å²) in [5, 5.41) is 10.8. The fraction of sp³-hybridized carbons (Fsp3) is 0.370. The smallest absolute Gasteiger partial charge is 0.341 e. The minimum atomic E-state index is -0.977. The zero-order valence-electron chi connectivity index (χ0n) is 21.5. The molecule has 2 aliphatic rings. The van der Waals surface area contributed by atoms with Gasteiger partial charge in [0.1, 0.15) is 30.2 Å². The molecule has 0 bridgehead atoms. The van der Waals surface area contributed by atoms with E-state index in [0.29, 0.717) is 31.1 Å². The summed E-state index contributed by atoms with van der Waals surface area (Å²) in [6, 6.07) is 13.3. The number of halogens is 3. The minimum Gasteiger partial charge on any atom is -0.486 e. The first-order valence-electron chi connectivity index (χ1n) is 12.1. The van der Waals surface area contributed by atoms with Crippen LogP contribution in [0.4, 0.5) is 0 Å². The second-order valence-corrected chi connectivity index (χ2v) is 10.6. The molecule has 3 N–H and O–H groups in total. The first-order chi connectivity index (χ1) is 19.6. The van der Waals surface area contributed by atoms with Gasteiger partial charge in [-0.3, -0.25) is 14.4 Å². The Bertz CT molecular complexity index is 1210. The fourth-order valence-electron chi connectivity index (χ4n) is 3.12. The summed E-state index contributed by atoms with van der Waals surface area (Å²) in [4.78, 5) is 55.1. The average molecular weight is 783 g/mol. The second-order valence-electron chi connectivity index (χ2n) is 8.30. The number of ether oxygens (including phenoxy) is 4. The summed E-state index contributed by atoms with van der Waals surface area (Å²) in [5.74, 6) is -1.37. The van der Waals surface area contributed by atoms with Crippen molar-refractivity contribution in [2.45, 2.75) is 38.8 Å². The molecule has 2 aromatic carbocycles. The van der Waals surface area contributed by atoms with Crippen LogP contribution in [-0.2, 0) is 33.4 Å². The van der Waals surface area contributed by atoms with Crippen molar-refractivity contribution in [2.75, 3.05) is 26.4 Å². The second kappa shape index (κ2) is 20.0. The van der Waals surface area contributed by atoms with Crippen LogP contribution in [0.25, 0.3) is 0 Å². The number of carbonyl (C=O) groups excluding carboxylic acids is 4. The summed E-state index contributed by atoms with van der Waals surface area (Å²) in [7, 11) is 0. The molecule has 0 radical (unpaired) electrons. The number of ketones is 1. The van der Waals surface area contributed by atoms with Crippen molar-refractivity contribution in [2.24, 2.45) is 0 Å². The van der Waals surface area contributed by atoms with Gasteiger partial charge in [-0.15, -0.1) is 0 Å². The molecule has 42 heavy (non-hydrogen) atoms. The van der Waals surface area contributed by atoms with Crippen molar-refractivity contribution in [1.82, 2.24) is 9.66 Å². The average Bonchev–Trinajstić information content (AvgIpc) is 3.54. The first-order valence-corrected chi connectivity index (χ1v) is 14.4. The number of carbonyl (C=O) groups is 5. The first kappa shape index (κ1) is 37.0. The van der Waals surface area contributed by atoms with Crippen LogP contribution in [0, 0.1) is 0 Å². The van der Waals surface area contributed by atoms with Gasteiger partial charge in [-0.1, -0.05) is 51.4 Å². The van der Waals surface area contributed by atoms with E-state index < -0.39 is 23.9 Å². The number of Topliss-reactive ketones (excluding diaryl/α,β-unsaturated/α-hetero) is 1. The Kier molecular flexibility index (Phi) is 17.6. The molecule has 15 heteroatoms. The van der Waals surface area contributed by atoms with Crippen LogP contribution < -0.4 is 19.1 Å². The van der Waals surface area contributed by atoms with Crippen molar-refractivity contribution in [1.29, 1.82) is 0 Å². The predicted octanol–water partition coefficient (Wildman–Crippen LogP) is 3.97. The quantitative estimate of drug-likeness (QED) is 0.181. The molecule has 2 heterocycles. The highest BCUT2D eigenvalue weighted by atomic mass is 79.9. The number of carboxylic acid groups (broad SMARTS) is 1. The van der Waals surface area contributed by atoms with E-state index in [1.54, 1.807) is 36.4 Å². The summed E-state index contributed by atoms with van der Waals surface area (Å²) in [6.45, 7) is 0.335. The molecule has 0 aliphatic carbocycles. The number of rotatable bonds is 10. The van der Waals surface area contributed by atoms with Gasteiger partial charge >= 0.3 is 17.9 Å². The van der Waals surface area contributed by atoms with Gasteiger partial charge in [0.05, 0.1) is 19.6 Å². The van der Waals surface area contributed by atoms with Crippen molar-refractivity contribution < 1.29 is 48.0 Å². The van der Waals surface area contributed by atoms with E-state index >= 15 is 0 Å². The zero-order valence-corrected chi connectivity index (χ0v) is 26.2. The molecule has 0 unspecified atom stereocenters. The SMILES string of the molecule is C.O=C(COc1cccc(Br)c1)CC(=O)N[C@H]1CCOC1=O.O=C(O)COc1cccc(Br)c1.O=C1OCC[C@@H]1NBr. The molecule has 2 atom stereocenters. The maximum Gasteiger partial charge on any atom is 0.341 e. The van der Waals surface area contributed by atoms with E-state index in [1.807, 2.05) is 12.1 Å². The topological polar surface area (TPSA) is 167 Å². The molecule has 2 aromatic rings. The fourth-order valence-corrected chi connectivity index (χ4v) is 4.29. The molecule has 1 amide bonds. The van der Waals surface area contributed by atoms with Crippen LogP contribution in [0.3, 0.4) is 0 Å². The maximum atomic E-state index is 11.7. The van der Waals surface area contributed by atoms with Gasteiger partial charge in [-0.25, -0.2) is 13.9 Å². The molecule has 0 spiro atoms. The minimum absolute atomic E-state index is 0. The Morgan fingerprint density at radius 3 is 1.76 bits per heavy atom. The van der Waals surface area contributed by atoms with Crippen molar-refractivity contribution in [3.63, 3.8) is 0 Å². The molecule has 2 fully saturated rings. The Labute approximate surface area is 268 Å². The van der Waals surface area contributed by atoms with E-state index in [2.05, 4.69) is 62.4 Å². The summed E-state index contributed by atoms with van der Waals surface area (Å²) < 4.78 is 23.9. The van der Waals surface area contributed by atoms with Crippen molar-refractivity contribution in [3.05, 3.63) is 57.5 Å². The molecule has 230 valence electrons. The van der Waals surface area contributed by atoms with Gasteiger partial charge in [0.15, 0.2) is 12.4 Å². The summed E-state index contributed by atoms with van der Waals surface area (Å²) in [5.41, 5.74) is 0. The van der Waals surface area contributed by atoms with E-state index in [-0.39, 0.29) is 44.9 Å². The standard InChI is InChI=1S/C14H14BrNO5.C8H7BrO3.C4H6BrNO2.CH4/c15-9-2-1-3-11(6-9)21-8-10(17)7-13(18)16-12-4-5-20-14(12)19;9-6-2-1-3-7(4-6)12-5-8(10)11;5-6-3-1-2-8-4(3)7;/h1-3,6,12H,4-5,7-8H2,(H,16,18);1-4H,5H2,(H,10,11);3,6H,1-2H2;1H4/t12-;;3-;/m0.0./s1. The normalized spacial score (nSPS) is 16.6. The third-order valence-corrected chi connectivity index (χ3v) is 6.59. The van der Waals surface area contributed by atoms with Crippen molar-refractivity contribution in [3.8, 4) is 11.5 Å². The Hall–Kier alpha value is -3.01. The lowest BCUT2D eigenvalue weighted by molar-refractivity contribution is -0.142. The molecule has 0 saturated carbocycles. The van der Waals surface area contributed by atoms with Gasteiger partial charge in [-0.05, 0) is 36.4 Å². The highest BCUT2D eigenvalue weighted by molar-refractivity contribution is 9.10. The molecular weight excluding hydrogens is 752 g/mol. The Morgan fingerprint density at radius 1 is 0.857 bits per heavy atom. The maximum absolute atomic E-state index is 11.7. The van der Waals surface area contributed by atoms with E-state index in [9.17, 15) is 24.0 Å². The highest BCUT2D eigenvalue weighted by Gasteiger charge is 2.28. The molecule has 2 aliphatic heterocycles. The molecule has 4 rings (SSSR count). The number of nitrogens with one attached hydrogen (secondary N) is 2. The Balaban J connectivity index is 0.000000353. The number of cyclic esters (lactones) is 2. The van der Waals surface area contributed by atoms with Gasteiger partial charge in [0.25, 0.3) is 0 Å². The molecular formula is C27H31Br3N2O10. The third-order valence-electron chi connectivity index (χ3n) is 5.05. The predicted molar refractivity (Wildman–Crippen MR) is 162 cm³/mol. The lowest BCUT2D eigenvalue weighted by Crippen LogP contribution is -2.39. The van der Waals surface area contributed by atoms with E-state index in [0.717, 1.165) is 15.4 Å². The molecule has 2 saturated heterocycles. The highest BCUT2D eigenvalue weighted by Crippen LogP contribution is 2.18. The summed E-state index contributed by atoms with van der Waals surface area (Å²) in [6.07, 6.45) is 0.884. The van der Waals surface area contributed by atoms with Gasteiger partial charge in [0.2, 0.25) is 5.91 Å². The van der Waals surface area contributed by atoms with Crippen LogP contribution in [-0.4, -0.2) is 73.2 Å². The lowest BCUT2D eigenvalue weighted by Gasteiger charge is -2.09.